The summed E-state index contributed by atoms with van der Waals surface area (Å²) in [5, 5.41) is 0. The van der Waals surface area contributed by atoms with Gasteiger partial charge in [-0.1, -0.05) is 12.2 Å². The first kappa shape index (κ1) is 14.2. The number of rotatable bonds is 6. The molecule has 3 nitrogen and oxygen atoms in total. The van der Waals surface area contributed by atoms with Crippen LogP contribution in [0.25, 0.3) is 0 Å². The van der Waals surface area contributed by atoms with E-state index in [1.807, 2.05) is 6.92 Å². The largest absolute Gasteiger partial charge is 0.466 e. The van der Waals surface area contributed by atoms with E-state index in [2.05, 4.69) is 12.2 Å². The lowest BCUT2D eigenvalue weighted by Gasteiger charge is -2.18. The average Bonchev–Trinajstić information content (AvgIpc) is 2.26. The lowest BCUT2D eigenvalue weighted by molar-refractivity contribution is -0.143. The second kappa shape index (κ2) is 9.23. The minimum atomic E-state index is -0.114. The maximum atomic E-state index is 11.1. The van der Waals surface area contributed by atoms with Gasteiger partial charge in [0.1, 0.15) is 0 Å². The Morgan fingerprint density at radius 3 is 2.94 bits per heavy atom. The summed E-state index contributed by atoms with van der Waals surface area (Å²) in [5.74, 6) is -0.114. The summed E-state index contributed by atoms with van der Waals surface area (Å²) in [6.07, 6.45) is 11.9. The van der Waals surface area contributed by atoms with Gasteiger partial charge in [0.05, 0.1) is 12.7 Å². The third-order valence-corrected chi connectivity index (χ3v) is 2.90. The second-order valence-corrected chi connectivity index (χ2v) is 4.38. The monoisotopic (exact) mass is 240 g/mol. The summed E-state index contributed by atoms with van der Waals surface area (Å²) < 4.78 is 10.7. The zero-order valence-electron chi connectivity index (χ0n) is 10.8. The van der Waals surface area contributed by atoms with Crippen LogP contribution in [0.5, 0.6) is 0 Å². The van der Waals surface area contributed by atoms with E-state index in [1.165, 1.54) is 12.8 Å². The van der Waals surface area contributed by atoms with Crippen molar-refractivity contribution in [2.24, 2.45) is 0 Å². The van der Waals surface area contributed by atoms with Gasteiger partial charge in [0.2, 0.25) is 0 Å². The molecule has 0 aromatic heterocycles. The van der Waals surface area contributed by atoms with E-state index < -0.39 is 0 Å². The molecule has 0 aromatic rings. The molecular formula is C14H24O3. The van der Waals surface area contributed by atoms with E-state index >= 15 is 0 Å². The first-order valence-electron chi connectivity index (χ1n) is 6.75. The quantitative estimate of drug-likeness (QED) is 0.406. The Morgan fingerprint density at radius 1 is 1.29 bits per heavy atom. The molecule has 0 radical (unpaired) electrons. The highest BCUT2D eigenvalue weighted by atomic mass is 16.5. The third kappa shape index (κ3) is 7.16. The van der Waals surface area contributed by atoms with Crippen LogP contribution in [0.4, 0.5) is 0 Å². The molecule has 1 rings (SSSR count). The zero-order valence-corrected chi connectivity index (χ0v) is 10.8. The first-order chi connectivity index (χ1) is 8.33. The Morgan fingerprint density at radius 2 is 2.12 bits per heavy atom. The highest BCUT2D eigenvalue weighted by Crippen LogP contribution is 2.15. The van der Waals surface area contributed by atoms with Crippen LogP contribution in [0.1, 0.15) is 51.9 Å². The van der Waals surface area contributed by atoms with Crippen LogP contribution in [0, 0.1) is 0 Å². The normalized spacial score (nSPS) is 22.5. The van der Waals surface area contributed by atoms with Crippen LogP contribution in [0.2, 0.25) is 0 Å². The van der Waals surface area contributed by atoms with Crippen molar-refractivity contribution in [3.05, 3.63) is 12.2 Å². The smallest absolute Gasteiger partial charge is 0.305 e. The van der Waals surface area contributed by atoms with Crippen LogP contribution in [-0.2, 0) is 14.3 Å². The molecule has 0 aromatic carbocycles. The molecule has 0 aliphatic heterocycles. The van der Waals surface area contributed by atoms with Crippen LogP contribution >= 0.6 is 0 Å². The molecule has 0 amide bonds. The molecule has 0 heterocycles. The van der Waals surface area contributed by atoms with Gasteiger partial charge < -0.3 is 9.47 Å². The maximum absolute atomic E-state index is 11.1. The fourth-order valence-corrected chi connectivity index (χ4v) is 1.99. The Labute approximate surface area is 104 Å². The van der Waals surface area contributed by atoms with Gasteiger partial charge in [-0.15, -0.1) is 0 Å². The minimum absolute atomic E-state index is 0.114. The fraction of sp³-hybridized carbons (Fsp3) is 0.786. The second-order valence-electron chi connectivity index (χ2n) is 4.38. The van der Waals surface area contributed by atoms with Crippen LogP contribution in [0.3, 0.4) is 0 Å². The number of allylic oxidation sites excluding steroid dienone is 2. The Balaban J connectivity index is 2.04. The molecule has 1 aliphatic rings. The summed E-state index contributed by atoms with van der Waals surface area (Å²) in [6, 6.07) is 0. The summed E-state index contributed by atoms with van der Waals surface area (Å²) in [7, 11) is 0. The number of hydrogen-bond acceptors (Lipinski definition) is 3. The molecular weight excluding hydrogens is 216 g/mol. The molecule has 1 aliphatic carbocycles. The molecule has 17 heavy (non-hydrogen) atoms. The van der Waals surface area contributed by atoms with Gasteiger partial charge in [0.15, 0.2) is 0 Å². The molecule has 1 atom stereocenters. The van der Waals surface area contributed by atoms with Crippen molar-refractivity contribution in [1.82, 2.24) is 0 Å². The van der Waals surface area contributed by atoms with Gasteiger partial charge in [-0.05, 0) is 45.4 Å². The zero-order chi connectivity index (χ0) is 12.3. The number of hydrogen-bond donors (Lipinski definition) is 0. The molecule has 1 unspecified atom stereocenters. The molecule has 0 N–H and O–H groups in total. The summed E-state index contributed by atoms with van der Waals surface area (Å²) >= 11 is 0. The highest BCUT2D eigenvalue weighted by Gasteiger charge is 2.10. The standard InChI is InChI=1S/C14H24O3/c1-2-16-14(15)11-8-12-17-13-9-6-4-3-5-7-10-13/h3-4,13H,2,5-12H2,1H3/b4-3-. The third-order valence-electron chi connectivity index (χ3n) is 2.90. The van der Waals surface area contributed by atoms with Gasteiger partial charge in [0.25, 0.3) is 0 Å². The molecule has 0 saturated heterocycles. The topological polar surface area (TPSA) is 35.5 Å². The number of esters is 1. The van der Waals surface area contributed by atoms with Gasteiger partial charge in [-0.25, -0.2) is 0 Å². The fourth-order valence-electron chi connectivity index (χ4n) is 1.99. The predicted molar refractivity (Wildman–Crippen MR) is 67.8 cm³/mol. The van der Waals surface area contributed by atoms with Crippen LogP contribution in [0.15, 0.2) is 12.2 Å². The van der Waals surface area contributed by atoms with E-state index in [0.717, 1.165) is 25.7 Å². The minimum Gasteiger partial charge on any atom is -0.466 e. The van der Waals surface area contributed by atoms with Crippen molar-refractivity contribution >= 4 is 5.97 Å². The molecule has 0 fully saturated rings. The molecule has 0 saturated carbocycles. The van der Waals surface area contributed by atoms with Crippen molar-refractivity contribution in [1.29, 1.82) is 0 Å². The van der Waals surface area contributed by atoms with Crippen molar-refractivity contribution in [2.45, 2.75) is 58.0 Å². The molecule has 0 spiro atoms. The van der Waals surface area contributed by atoms with Crippen molar-refractivity contribution < 1.29 is 14.3 Å². The van der Waals surface area contributed by atoms with Gasteiger partial charge in [0, 0.05) is 13.0 Å². The molecule has 98 valence electrons. The summed E-state index contributed by atoms with van der Waals surface area (Å²) in [4.78, 5) is 11.1. The number of carbonyl (C=O) groups is 1. The Hall–Kier alpha value is -0.830. The van der Waals surface area contributed by atoms with Crippen molar-refractivity contribution in [3.63, 3.8) is 0 Å². The van der Waals surface area contributed by atoms with Gasteiger partial charge >= 0.3 is 5.97 Å². The lowest BCUT2D eigenvalue weighted by Crippen LogP contribution is -2.15. The number of ether oxygens (including phenoxy) is 2. The number of carbonyl (C=O) groups excluding carboxylic acids is 1. The van der Waals surface area contributed by atoms with Crippen molar-refractivity contribution in [2.75, 3.05) is 13.2 Å². The van der Waals surface area contributed by atoms with Gasteiger partial charge in [-0.3, -0.25) is 4.79 Å². The average molecular weight is 240 g/mol. The maximum Gasteiger partial charge on any atom is 0.305 e. The Bertz CT molecular complexity index is 236. The van der Waals surface area contributed by atoms with E-state index in [0.29, 0.717) is 25.7 Å². The molecule has 3 heteroatoms. The SMILES string of the molecule is CCOC(=O)CCCOC1CC/C=C\CCC1. The van der Waals surface area contributed by atoms with Gasteiger partial charge in [-0.2, -0.15) is 0 Å². The first-order valence-corrected chi connectivity index (χ1v) is 6.75. The lowest BCUT2D eigenvalue weighted by atomic mass is 10.0. The van der Waals surface area contributed by atoms with Crippen molar-refractivity contribution in [3.8, 4) is 0 Å². The predicted octanol–water partition coefficient (Wildman–Crippen LogP) is 3.24. The molecule has 0 bridgehead atoms. The Kier molecular flexibility index (Phi) is 7.72. The van der Waals surface area contributed by atoms with Crippen LogP contribution < -0.4 is 0 Å². The summed E-state index contributed by atoms with van der Waals surface area (Å²) in [5.41, 5.74) is 0. The highest BCUT2D eigenvalue weighted by molar-refractivity contribution is 5.69. The van der Waals surface area contributed by atoms with E-state index in [1.54, 1.807) is 0 Å². The van der Waals surface area contributed by atoms with E-state index in [9.17, 15) is 4.79 Å². The van der Waals surface area contributed by atoms with E-state index in [4.69, 9.17) is 9.47 Å². The summed E-state index contributed by atoms with van der Waals surface area (Å²) in [6.45, 7) is 2.97. The van der Waals surface area contributed by atoms with E-state index in [-0.39, 0.29) is 5.97 Å². The van der Waals surface area contributed by atoms with Crippen LogP contribution in [-0.4, -0.2) is 25.3 Å².